The third-order valence-electron chi connectivity index (χ3n) is 7.60. The van der Waals surface area contributed by atoms with Crippen molar-refractivity contribution in [2.75, 3.05) is 13.2 Å². The quantitative estimate of drug-likeness (QED) is 0.202. The van der Waals surface area contributed by atoms with Crippen molar-refractivity contribution >= 4 is 34.9 Å². The molecule has 0 bridgehead atoms. The molecule has 0 aliphatic carbocycles. The van der Waals surface area contributed by atoms with Crippen LogP contribution in [0.25, 0.3) is 22.3 Å². The Bertz CT molecular complexity index is 1490. The van der Waals surface area contributed by atoms with E-state index in [-0.39, 0.29) is 25.0 Å². The van der Waals surface area contributed by atoms with E-state index in [2.05, 4.69) is 10.6 Å². The molecule has 8 heteroatoms. The minimum absolute atomic E-state index is 0.173. The Morgan fingerprint density at radius 2 is 1.04 bits per heavy atom. The smallest absolute Gasteiger partial charge is 0.334 e. The van der Waals surface area contributed by atoms with Crippen molar-refractivity contribution in [3.8, 4) is 11.1 Å². The van der Waals surface area contributed by atoms with E-state index in [1.54, 1.807) is 27.7 Å². The van der Waals surface area contributed by atoms with Gasteiger partial charge in [-0.15, -0.1) is 0 Å². The Balaban J connectivity index is 3.10. The number of benzene rings is 2. The zero-order valence-electron chi connectivity index (χ0n) is 29.6. The monoisotopic (exact) mass is 632 g/mol. The first-order valence-corrected chi connectivity index (χ1v) is 15.9. The summed E-state index contributed by atoms with van der Waals surface area (Å²) in [6.45, 7) is 21.7. The van der Waals surface area contributed by atoms with E-state index >= 15 is 0 Å². The molecule has 250 valence electrons. The van der Waals surface area contributed by atoms with E-state index in [9.17, 15) is 19.2 Å². The molecule has 46 heavy (non-hydrogen) atoms. The third-order valence-corrected chi connectivity index (χ3v) is 7.60. The maximum absolute atomic E-state index is 13.4. The maximum atomic E-state index is 13.4. The predicted molar refractivity (Wildman–Crippen MR) is 184 cm³/mol. The summed E-state index contributed by atoms with van der Waals surface area (Å²) in [5.41, 5.74) is 3.36. The van der Waals surface area contributed by atoms with Crippen molar-refractivity contribution in [2.45, 2.75) is 95.2 Å². The molecule has 2 aromatic carbocycles. The maximum Gasteiger partial charge on any atom is 0.334 e. The van der Waals surface area contributed by atoms with E-state index in [1.165, 1.54) is 0 Å². The second-order valence-corrected chi connectivity index (χ2v) is 13.5. The van der Waals surface area contributed by atoms with Crippen LogP contribution < -0.4 is 10.6 Å². The van der Waals surface area contributed by atoms with Crippen LogP contribution in [0.1, 0.15) is 94.2 Å². The lowest BCUT2D eigenvalue weighted by molar-refractivity contribution is -0.139. The van der Waals surface area contributed by atoms with Gasteiger partial charge in [0, 0.05) is 22.0 Å². The highest BCUT2D eigenvalue weighted by Crippen LogP contribution is 2.37. The van der Waals surface area contributed by atoms with Gasteiger partial charge >= 0.3 is 11.9 Å². The summed E-state index contributed by atoms with van der Waals surface area (Å²) >= 11 is 0. The zero-order valence-corrected chi connectivity index (χ0v) is 29.6. The van der Waals surface area contributed by atoms with E-state index in [4.69, 9.17) is 9.47 Å². The van der Waals surface area contributed by atoms with Crippen LogP contribution in [-0.4, -0.2) is 49.1 Å². The Labute approximate surface area is 275 Å². The number of carbonyl (C=O) groups excluding carboxylic acids is 4. The largest absolute Gasteiger partial charge is 0.463 e. The van der Waals surface area contributed by atoms with Gasteiger partial charge in [0.1, 0.15) is 0 Å². The number of ether oxygens (including phenoxy) is 2. The summed E-state index contributed by atoms with van der Waals surface area (Å²) in [5.74, 6) is -1.43. The van der Waals surface area contributed by atoms with Crippen molar-refractivity contribution < 1.29 is 28.7 Å². The van der Waals surface area contributed by atoms with Gasteiger partial charge in [-0.2, -0.15) is 0 Å². The summed E-state index contributed by atoms with van der Waals surface area (Å²) in [6, 6.07) is 14.3. The number of carbonyl (C=O) groups is 4. The van der Waals surface area contributed by atoms with E-state index in [1.807, 2.05) is 104 Å². The highest BCUT2D eigenvalue weighted by atomic mass is 16.5. The topological polar surface area (TPSA) is 111 Å². The molecule has 2 N–H and O–H groups in total. The summed E-state index contributed by atoms with van der Waals surface area (Å²) in [5, 5.41) is 6.17. The first kappa shape index (κ1) is 38.0. The van der Waals surface area contributed by atoms with E-state index < -0.39 is 34.9 Å². The van der Waals surface area contributed by atoms with Gasteiger partial charge < -0.3 is 20.1 Å². The van der Waals surface area contributed by atoms with Crippen LogP contribution in [0.5, 0.6) is 0 Å². The number of esters is 2. The van der Waals surface area contributed by atoms with Gasteiger partial charge in [-0.05, 0) is 81.0 Å². The molecule has 0 unspecified atom stereocenters. The van der Waals surface area contributed by atoms with Crippen molar-refractivity contribution in [1.29, 1.82) is 0 Å². The number of amides is 2. The zero-order chi connectivity index (χ0) is 35.0. The first-order valence-electron chi connectivity index (χ1n) is 15.9. The normalized spacial score (nSPS) is 14.3. The second kappa shape index (κ2) is 15.9. The number of hydrogen-bond acceptors (Lipinski definition) is 6. The summed E-state index contributed by atoms with van der Waals surface area (Å²) in [7, 11) is 0. The molecule has 0 aliphatic heterocycles. The SMILES string of the molecule is CCOC(=O)/C(C)=C(/c1ccc(-c2ccccc2)cc1/C(=C(\C)C(=O)OCC)[C@@H](C)NC(=O)C(C)(C)C)[C@@H](C)NC(=O)C(C)(C)C. The lowest BCUT2D eigenvalue weighted by atomic mass is 9.82. The molecule has 0 heterocycles. The van der Waals surface area contributed by atoms with Crippen LogP contribution in [0, 0.1) is 10.8 Å². The average Bonchev–Trinajstić information content (AvgIpc) is 2.97. The van der Waals surface area contributed by atoms with Crippen LogP contribution in [0.15, 0.2) is 59.7 Å². The minimum atomic E-state index is -0.691. The summed E-state index contributed by atoms with van der Waals surface area (Å²) in [6.07, 6.45) is 0. The summed E-state index contributed by atoms with van der Waals surface area (Å²) < 4.78 is 10.9. The van der Waals surface area contributed by atoms with Crippen LogP contribution >= 0.6 is 0 Å². The fourth-order valence-corrected chi connectivity index (χ4v) is 5.00. The van der Waals surface area contributed by atoms with Crippen LogP contribution in [0.3, 0.4) is 0 Å². The molecule has 0 saturated carbocycles. The van der Waals surface area contributed by atoms with E-state index in [0.717, 1.165) is 11.1 Å². The highest BCUT2D eigenvalue weighted by Gasteiger charge is 2.31. The van der Waals surface area contributed by atoms with Gasteiger partial charge in [-0.25, -0.2) is 9.59 Å². The van der Waals surface area contributed by atoms with Crippen LogP contribution in [0.4, 0.5) is 0 Å². The number of rotatable bonds is 11. The predicted octanol–water partition coefficient (Wildman–Crippen LogP) is 7.13. The molecule has 0 aromatic heterocycles. The molecule has 0 radical (unpaired) electrons. The Hall–Kier alpha value is -4.20. The van der Waals surface area contributed by atoms with Crippen molar-refractivity contribution in [2.24, 2.45) is 10.8 Å². The van der Waals surface area contributed by atoms with Crippen LogP contribution in [-0.2, 0) is 28.7 Å². The van der Waals surface area contributed by atoms with Gasteiger partial charge in [-0.3, -0.25) is 9.59 Å². The lowest BCUT2D eigenvalue weighted by Crippen LogP contribution is -2.42. The van der Waals surface area contributed by atoms with Gasteiger partial charge in [0.2, 0.25) is 11.8 Å². The fourth-order valence-electron chi connectivity index (χ4n) is 5.00. The molecule has 8 nitrogen and oxygen atoms in total. The molecule has 2 aromatic rings. The molecular weight excluding hydrogens is 580 g/mol. The standard InChI is InChI=1S/C38H52N2O6/c1-13-45-33(41)23(3)31(25(5)39-35(43)37(7,8)9)29-21-20-28(27-18-16-15-17-19-27)22-30(29)32(24(4)34(42)46-14-2)26(6)40-36(44)38(10,11)12/h15-22,25-26H,13-14H2,1-12H3,(H,39,43)(H,40,44)/b31-23+,32-24+/t25-,26-/m1/s1. The molecule has 2 amide bonds. The fraction of sp³-hybridized carbons (Fsp3) is 0.474. The molecule has 2 rings (SSSR count). The van der Waals surface area contributed by atoms with Gasteiger partial charge in [0.25, 0.3) is 0 Å². The third kappa shape index (κ3) is 9.65. The van der Waals surface area contributed by atoms with Crippen molar-refractivity contribution in [3.05, 3.63) is 70.8 Å². The molecule has 0 aliphatic rings. The van der Waals surface area contributed by atoms with Crippen molar-refractivity contribution in [1.82, 2.24) is 10.6 Å². The minimum Gasteiger partial charge on any atom is -0.463 e. The Morgan fingerprint density at radius 1 is 0.630 bits per heavy atom. The second-order valence-electron chi connectivity index (χ2n) is 13.5. The number of nitrogens with one attached hydrogen (secondary N) is 2. The first-order chi connectivity index (χ1) is 21.3. The molecule has 0 fully saturated rings. The number of hydrogen-bond donors (Lipinski definition) is 2. The molecule has 2 atom stereocenters. The van der Waals surface area contributed by atoms with Crippen LogP contribution in [0.2, 0.25) is 0 Å². The molecule has 0 spiro atoms. The Morgan fingerprint density at radius 3 is 1.43 bits per heavy atom. The van der Waals surface area contributed by atoms with Gasteiger partial charge in [-0.1, -0.05) is 84.0 Å². The summed E-state index contributed by atoms with van der Waals surface area (Å²) in [4.78, 5) is 53.1. The molecular formula is C38H52N2O6. The van der Waals surface area contributed by atoms with E-state index in [0.29, 0.717) is 33.4 Å². The van der Waals surface area contributed by atoms with Gasteiger partial charge in [0.15, 0.2) is 0 Å². The van der Waals surface area contributed by atoms with Crippen molar-refractivity contribution in [3.63, 3.8) is 0 Å². The highest BCUT2D eigenvalue weighted by molar-refractivity contribution is 6.04. The lowest BCUT2D eigenvalue weighted by Gasteiger charge is -2.30. The molecule has 0 saturated heterocycles. The average molecular weight is 633 g/mol. The van der Waals surface area contributed by atoms with Gasteiger partial charge in [0.05, 0.1) is 25.3 Å². The Kier molecular flexibility index (Phi) is 13.1.